The van der Waals surface area contributed by atoms with Crippen LogP contribution in [0, 0.1) is 0 Å². The average Bonchev–Trinajstić information content (AvgIpc) is 2.86. The van der Waals surface area contributed by atoms with Crippen LogP contribution in [0.15, 0.2) is 33.3 Å². The molecule has 112 valence electrons. The van der Waals surface area contributed by atoms with Crippen LogP contribution in [0.3, 0.4) is 0 Å². The molecule has 0 saturated heterocycles. The van der Waals surface area contributed by atoms with Crippen molar-refractivity contribution in [3.05, 3.63) is 34.6 Å². The molecule has 2 rings (SSSR count). The smallest absolute Gasteiger partial charge is 0.241 e. The Bertz CT molecular complexity index is 627. The van der Waals surface area contributed by atoms with Crippen LogP contribution < -0.4 is 5.73 Å². The van der Waals surface area contributed by atoms with E-state index in [1.807, 2.05) is 43.0 Å². The normalized spacial score (nSPS) is 11.3. The van der Waals surface area contributed by atoms with Crippen molar-refractivity contribution < 1.29 is 9.32 Å². The molecule has 0 saturated carbocycles. The Hall–Kier alpha value is -1.73. The summed E-state index contributed by atoms with van der Waals surface area (Å²) in [6, 6.07) is 7.81. The molecule has 0 unspecified atom stereocenters. The SMILES string of the molecule is CC(C)N(CC(N)=O)Cc1nc(-c2cccc(Br)c2)no1. The predicted octanol–water partition coefficient (Wildman–Crippen LogP) is 2.19. The van der Waals surface area contributed by atoms with E-state index >= 15 is 0 Å². The van der Waals surface area contributed by atoms with Gasteiger partial charge < -0.3 is 10.3 Å². The first-order valence-electron chi connectivity index (χ1n) is 6.56. The molecule has 21 heavy (non-hydrogen) atoms. The third-order valence-corrected chi connectivity index (χ3v) is 3.47. The van der Waals surface area contributed by atoms with E-state index in [-0.39, 0.29) is 18.5 Å². The van der Waals surface area contributed by atoms with Crippen LogP contribution in [0.5, 0.6) is 0 Å². The van der Waals surface area contributed by atoms with Crippen molar-refractivity contribution in [1.82, 2.24) is 15.0 Å². The standard InChI is InChI=1S/C14H17BrN4O2/c1-9(2)19(7-12(16)20)8-13-17-14(18-21-13)10-4-3-5-11(15)6-10/h3-6,9H,7-8H2,1-2H3,(H2,16,20). The molecule has 6 nitrogen and oxygen atoms in total. The monoisotopic (exact) mass is 352 g/mol. The van der Waals surface area contributed by atoms with Gasteiger partial charge in [0.25, 0.3) is 0 Å². The van der Waals surface area contributed by atoms with Gasteiger partial charge in [0.05, 0.1) is 13.1 Å². The maximum absolute atomic E-state index is 11.1. The Morgan fingerprint density at radius 3 is 2.86 bits per heavy atom. The maximum atomic E-state index is 11.1. The van der Waals surface area contributed by atoms with Crippen molar-refractivity contribution in [2.75, 3.05) is 6.54 Å². The molecular weight excluding hydrogens is 336 g/mol. The minimum atomic E-state index is -0.379. The third-order valence-electron chi connectivity index (χ3n) is 2.98. The summed E-state index contributed by atoms with van der Waals surface area (Å²) >= 11 is 3.41. The maximum Gasteiger partial charge on any atom is 0.241 e. The predicted molar refractivity (Wildman–Crippen MR) is 82.2 cm³/mol. The molecule has 0 atom stereocenters. The number of carbonyl (C=O) groups excluding carboxylic acids is 1. The molecular formula is C14H17BrN4O2. The van der Waals surface area contributed by atoms with E-state index in [0.717, 1.165) is 10.0 Å². The average molecular weight is 353 g/mol. The van der Waals surface area contributed by atoms with Gasteiger partial charge in [-0.15, -0.1) is 0 Å². The molecule has 1 aromatic carbocycles. The van der Waals surface area contributed by atoms with Crippen LogP contribution in [0.2, 0.25) is 0 Å². The van der Waals surface area contributed by atoms with Crippen molar-refractivity contribution >= 4 is 21.8 Å². The highest BCUT2D eigenvalue weighted by Gasteiger charge is 2.17. The van der Waals surface area contributed by atoms with Gasteiger partial charge in [0.2, 0.25) is 17.6 Å². The van der Waals surface area contributed by atoms with Crippen LogP contribution in [-0.2, 0) is 11.3 Å². The van der Waals surface area contributed by atoms with E-state index in [1.165, 1.54) is 0 Å². The number of benzene rings is 1. The van der Waals surface area contributed by atoms with Gasteiger partial charge in [0.1, 0.15) is 0 Å². The van der Waals surface area contributed by atoms with Gasteiger partial charge in [-0.25, -0.2) is 0 Å². The Balaban J connectivity index is 2.14. The summed E-state index contributed by atoms with van der Waals surface area (Å²) in [5.74, 6) is 0.601. The van der Waals surface area contributed by atoms with Gasteiger partial charge >= 0.3 is 0 Å². The highest BCUT2D eigenvalue weighted by molar-refractivity contribution is 9.10. The van der Waals surface area contributed by atoms with Gasteiger partial charge in [-0.3, -0.25) is 9.69 Å². The number of hydrogen-bond acceptors (Lipinski definition) is 5. The molecule has 0 bridgehead atoms. The Kier molecular flexibility index (Phi) is 5.08. The summed E-state index contributed by atoms with van der Waals surface area (Å²) in [6.07, 6.45) is 0. The second-order valence-electron chi connectivity index (χ2n) is 4.99. The molecule has 2 aromatic rings. The number of nitrogens with two attached hydrogens (primary N) is 1. The third kappa shape index (κ3) is 4.37. The first-order valence-corrected chi connectivity index (χ1v) is 7.36. The van der Waals surface area contributed by atoms with Gasteiger partial charge in [0.15, 0.2) is 0 Å². The lowest BCUT2D eigenvalue weighted by molar-refractivity contribution is -0.119. The van der Waals surface area contributed by atoms with E-state index < -0.39 is 0 Å². The molecule has 0 aliphatic carbocycles. The minimum absolute atomic E-state index is 0.152. The zero-order chi connectivity index (χ0) is 15.4. The Morgan fingerprint density at radius 1 is 1.48 bits per heavy atom. The van der Waals surface area contributed by atoms with Gasteiger partial charge in [-0.1, -0.05) is 33.2 Å². The first kappa shape index (κ1) is 15.7. The van der Waals surface area contributed by atoms with Gasteiger partial charge in [0, 0.05) is 16.1 Å². The number of amides is 1. The van der Waals surface area contributed by atoms with Crippen LogP contribution in [0.25, 0.3) is 11.4 Å². The number of hydrogen-bond donors (Lipinski definition) is 1. The molecule has 0 aliphatic heterocycles. The van der Waals surface area contributed by atoms with Crippen LogP contribution in [0.1, 0.15) is 19.7 Å². The largest absolute Gasteiger partial charge is 0.369 e. The molecule has 2 N–H and O–H groups in total. The van der Waals surface area contributed by atoms with Crippen LogP contribution in [0.4, 0.5) is 0 Å². The highest BCUT2D eigenvalue weighted by Crippen LogP contribution is 2.20. The quantitative estimate of drug-likeness (QED) is 0.861. The lowest BCUT2D eigenvalue weighted by Gasteiger charge is -2.22. The fourth-order valence-corrected chi connectivity index (χ4v) is 2.26. The van der Waals surface area contributed by atoms with Gasteiger partial charge in [-0.2, -0.15) is 4.98 Å². The fraction of sp³-hybridized carbons (Fsp3) is 0.357. The molecule has 1 amide bonds. The molecule has 1 aromatic heterocycles. The molecule has 1 heterocycles. The number of nitrogens with zero attached hydrogens (tertiary/aromatic N) is 3. The number of rotatable bonds is 6. The first-order chi connectivity index (χ1) is 9.95. The summed E-state index contributed by atoms with van der Waals surface area (Å²) in [6.45, 7) is 4.51. The van der Waals surface area contributed by atoms with E-state index in [2.05, 4.69) is 26.1 Å². The second-order valence-corrected chi connectivity index (χ2v) is 5.90. The summed E-state index contributed by atoms with van der Waals surface area (Å²) in [5.41, 5.74) is 6.11. The number of primary amides is 1. The number of aromatic nitrogens is 2. The zero-order valence-corrected chi connectivity index (χ0v) is 13.5. The van der Waals surface area contributed by atoms with E-state index in [1.54, 1.807) is 0 Å². The summed E-state index contributed by atoms with van der Waals surface area (Å²) < 4.78 is 6.20. The summed E-state index contributed by atoms with van der Waals surface area (Å²) in [5, 5.41) is 3.97. The van der Waals surface area contributed by atoms with E-state index in [0.29, 0.717) is 18.3 Å². The topological polar surface area (TPSA) is 85.2 Å². The molecule has 0 aliphatic rings. The molecule has 7 heteroatoms. The van der Waals surface area contributed by atoms with Crippen LogP contribution >= 0.6 is 15.9 Å². The molecule has 0 spiro atoms. The lowest BCUT2D eigenvalue weighted by atomic mass is 10.2. The minimum Gasteiger partial charge on any atom is -0.369 e. The summed E-state index contributed by atoms with van der Waals surface area (Å²) in [7, 11) is 0. The Labute approximate surface area is 131 Å². The van der Waals surface area contributed by atoms with Crippen LogP contribution in [-0.4, -0.2) is 33.5 Å². The molecule has 0 fully saturated rings. The lowest BCUT2D eigenvalue weighted by Crippen LogP contribution is -2.38. The Morgan fingerprint density at radius 2 is 2.24 bits per heavy atom. The highest BCUT2D eigenvalue weighted by atomic mass is 79.9. The zero-order valence-electron chi connectivity index (χ0n) is 11.9. The number of carbonyl (C=O) groups is 1. The van der Waals surface area contributed by atoms with E-state index in [4.69, 9.17) is 10.3 Å². The van der Waals surface area contributed by atoms with Crippen molar-refractivity contribution in [2.45, 2.75) is 26.4 Å². The summed E-state index contributed by atoms with van der Waals surface area (Å²) in [4.78, 5) is 17.3. The van der Waals surface area contributed by atoms with Gasteiger partial charge in [-0.05, 0) is 26.0 Å². The van der Waals surface area contributed by atoms with Crippen molar-refractivity contribution in [3.63, 3.8) is 0 Å². The van der Waals surface area contributed by atoms with E-state index in [9.17, 15) is 4.79 Å². The number of halogens is 1. The van der Waals surface area contributed by atoms with Crippen molar-refractivity contribution in [3.8, 4) is 11.4 Å². The second kappa shape index (κ2) is 6.82. The van der Waals surface area contributed by atoms with Crippen molar-refractivity contribution in [2.24, 2.45) is 5.73 Å². The molecule has 0 radical (unpaired) electrons. The van der Waals surface area contributed by atoms with Crippen molar-refractivity contribution in [1.29, 1.82) is 0 Å². The fourth-order valence-electron chi connectivity index (χ4n) is 1.86.